The lowest BCUT2D eigenvalue weighted by Gasteiger charge is -1.99. The molecule has 0 spiro atoms. The third-order valence-corrected chi connectivity index (χ3v) is 2.18. The quantitative estimate of drug-likeness (QED) is 0.733. The van der Waals surface area contributed by atoms with Crippen molar-refractivity contribution in [1.29, 1.82) is 0 Å². The van der Waals surface area contributed by atoms with Gasteiger partial charge in [0.25, 0.3) is 0 Å². The second kappa shape index (κ2) is 3.12. The zero-order chi connectivity index (χ0) is 9.42. The van der Waals surface area contributed by atoms with Gasteiger partial charge in [0, 0.05) is 5.56 Å². The molecule has 2 aromatic rings. The maximum Gasteiger partial charge on any atom is 0.246 e. The van der Waals surface area contributed by atoms with E-state index in [2.05, 4.69) is 15.3 Å². The van der Waals surface area contributed by atoms with Crippen LogP contribution < -0.4 is 0 Å². The Morgan fingerprint density at radius 1 is 1.38 bits per heavy atom. The molecule has 0 aromatic carbocycles. The molecule has 0 saturated carbocycles. The Labute approximate surface area is 84.5 Å². The SMILES string of the molecule is CCc1cc(Cl)nn2c(Cl)nnc12. The van der Waals surface area contributed by atoms with Gasteiger partial charge in [0.1, 0.15) is 0 Å². The van der Waals surface area contributed by atoms with Crippen LogP contribution in [0.15, 0.2) is 6.07 Å². The molecule has 0 aliphatic rings. The Balaban J connectivity index is 2.84. The molecule has 2 rings (SSSR count). The van der Waals surface area contributed by atoms with Crippen molar-refractivity contribution in [1.82, 2.24) is 19.8 Å². The van der Waals surface area contributed by atoms with E-state index in [-0.39, 0.29) is 5.28 Å². The van der Waals surface area contributed by atoms with Gasteiger partial charge >= 0.3 is 0 Å². The summed E-state index contributed by atoms with van der Waals surface area (Å²) in [6, 6.07) is 1.77. The van der Waals surface area contributed by atoms with Crippen LogP contribution in [-0.2, 0) is 6.42 Å². The number of hydrogen-bond acceptors (Lipinski definition) is 3. The summed E-state index contributed by atoms with van der Waals surface area (Å²) >= 11 is 11.5. The smallest absolute Gasteiger partial charge is 0.181 e. The summed E-state index contributed by atoms with van der Waals surface area (Å²) in [5.41, 5.74) is 1.65. The number of fused-ring (bicyclic) bond motifs is 1. The number of halogens is 2. The highest BCUT2D eigenvalue weighted by molar-refractivity contribution is 6.30. The number of hydrogen-bond donors (Lipinski definition) is 0. The normalized spacial score (nSPS) is 11.0. The highest BCUT2D eigenvalue weighted by atomic mass is 35.5. The predicted octanol–water partition coefficient (Wildman–Crippen LogP) is 1.99. The maximum atomic E-state index is 5.79. The van der Waals surface area contributed by atoms with E-state index in [9.17, 15) is 0 Å². The fraction of sp³-hybridized carbons (Fsp3) is 0.286. The van der Waals surface area contributed by atoms with Crippen LogP contribution >= 0.6 is 23.2 Å². The number of rotatable bonds is 1. The molecule has 13 heavy (non-hydrogen) atoms. The highest BCUT2D eigenvalue weighted by Gasteiger charge is 2.08. The zero-order valence-corrected chi connectivity index (χ0v) is 8.34. The molecule has 0 fully saturated rings. The van der Waals surface area contributed by atoms with Gasteiger partial charge in [-0.1, -0.05) is 18.5 Å². The van der Waals surface area contributed by atoms with Crippen molar-refractivity contribution in [2.75, 3.05) is 0 Å². The van der Waals surface area contributed by atoms with E-state index >= 15 is 0 Å². The van der Waals surface area contributed by atoms with Gasteiger partial charge in [-0.15, -0.1) is 10.2 Å². The van der Waals surface area contributed by atoms with Gasteiger partial charge in [-0.05, 0) is 24.1 Å². The van der Waals surface area contributed by atoms with Crippen LogP contribution in [0.2, 0.25) is 10.4 Å². The summed E-state index contributed by atoms with van der Waals surface area (Å²) in [5.74, 6) is 0. The van der Waals surface area contributed by atoms with Crippen LogP contribution in [0.3, 0.4) is 0 Å². The molecule has 0 amide bonds. The Hall–Kier alpha value is -0.870. The molecule has 0 aliphatic heterocycles. The lowest BCUT2D eigenvalue weighted by Crippen LogP contribution is -1.96. The molecule has 68 valence electrons. The zero-order valence-electron chi connectivity index (χ0n) is 6.83. The first kappa shape index (κ1) is 8.72. The third-order valence-electron chi connectivity index (χ3n) is 1.76. The van der Waals surface area contributed by atoms with Gasteiger partial charge in [-0.3, -0.25) is 0 Å². The number of nitrogens with zero attached hydrogens (tertiary/aromatic N) is 4. The molecule has 0 radical (unpaired) electrons. The van der Waals surface area contributed by atoms with Gasteiger partial charge in [0.2, 0.25) is 5.28 Å². The lowest BCUT2D eigenvalue weighted by atomic mass is 10.2. The first-order chi connectivity index (χ1) is 6.22. The second-order valence-corrected chi connectivity index (χ2v) is 3.28. The summed E-state index contributed by atoms with van der Waals surface area (Å²) in [4.78, 5) is 0. The molecule has 0 unspecified atom stereocenters. The summed E-state index contributed by atoms with van der Waals surface area (Å²) in [5, 5.41) is 12.2. The van der Waals surface area contributed by atoms with Gasteiger partial charge in [0.05, 0.1) is 0 Å². The molecular formula is C7H6Cl2N4. The van der Waals surface area contributed by atoms with Crippen LogP contribution in [-0.4, -0.2) is 19.8 Å². The minimum Gasteiger partial charge on any atom is -0.181 e. The van der Waals surface area contributed by atoms with E-state index in [1.54, 1.807) is 6.07 Å². The first-order valence-electron chi connectivity index (χ1n) is 3.78. The standard InChI is InChI=1S/C7H6Cl2N4/c1-2-4-3-5(8)12-13-6(4)10-11-7(13)9/h3H,2H2,1H3. The summed E-state index contributed by atoms with van der Waals surface area (Å²) in [6.07, 6.45) is 0.820. The molecule has 0 saturated heterocycles. The largest absolute Gasteiger partial charge is 0.246 e. The predicted molar refractivity (Wildman–Crippen MR) is 50.2 cm³/mol. The summed E-state index contributed by atoms with van der Waals surface area (Å²) < 4.78 is 1.43. The van der Waals surface area contributed by atoms with E-state index in [4.69, 9.17) is 23.2 Å². The Morgan fingerprint density at radius 2 is 2.15 bits per heavy atom. The molecular weight excluding hydrogens is 211 g/mol. The topological polar surface area (TPSA) is 43.1 Å². The average molecular weight is 217 g/mol. The Kier molecular flexibility index (Phi) is 2.09. The Bertz CT molecular complexity index is 451. The molecule has 2 aromatic heterocycles. The van der Waals surface area contributed by atoms with Crippen LogP contribution in [0.4, 0.5) is 0 Å². The molecule has 0 atom stereocenters. The fourth-order valence-corrected chi connectivity index (χ4v) is 1.51. The van der Waals surface area contributed by atoms with Crippen LogP contribution in [0.5, 0.6) is 0 Å². The first-order valence-corrected chi connectivity index (χ1v) is 4.54. The van der Waals surface area contributed by atoms with E-state index in [1.807, 2.05) is 6.92 Å². The number of aryl methyl sites for hydroxylation is 1. The molecule has 0 bridgehead atoms. The van der Waals surface area contributed by atoms with Crippen molar-refractivity contribution in [3.8, 4) is 0 Å². The van der Waals surface area contributed by atoms with Gasteiger partial charge in [0.15, 0.2) is 10.8 Å². The van der Waals surface area contributed by atoms with Gasteiger partial charge in [-0.2, -0.15) is 9.61 Å². The van der Waals surface area contributed by atoms with E-state index in [0.29, 0.717) is 10.8 Å². The molecule has 0 N–H and O–H groups in total. The van der Waals surface area contributed by atoms with Crippen molar-refractivity contribution >= 4 is 28.8 Å². The third kappa shape index (κ3) is 1.36. The minimum absolute atomic E-state index is 0.229. The van der Waals surface area contributed by atoms with Crippen molar-refractivity contribution in [2.45, 2.75) is 13.3 Å². The van der Waals surface area contributed by atoms with Crippen LogP contribution in [0.25, 0.3) is 5.65 Å². The summed E-state index contributed by atoms with van der Waals surface area (Å²) in [7, 11) is 0. The van der Waals surface area contributed by atoms with Crippen LogP contribution in [0.1, 0.15) is 12.5 Å². The van der Waals surface area contributed by atoms with Gasteiger partial charge in [-0.25, -0.2) is 0 Å². The highest BCUT2D eigenvalue weighted by Crippen LogP contribution is 2.16. The Morgan fingerprint density at radius 3 is 2.85 bits per heavy atom. The van der Waals surface area contributed by atoms with E-state index < -0.39 is 0 Å². The maximum absolute atomic E-state index is 5.79. The van der Waals surface area contributed by atoms with Crippen molar-refractivity contribution < 1.29 is 0 Å². The van der Waals surface area contributed by atoms with Gasteiger partial charge < -0.3 is 0 Å². The summed E-state index contributed by atoms with van der Waals surface area (Å²) in [6.45, 7) is 2.01. The molecule has 0 aliphatic carbocycles. The molecule has 4 nitrogen and oxygen atoms in total. The minimum atomic E-state index is 0.229. The van der Waals surface area contributed by atoms with Crippen LogP contribution in [0, 0.1) is 0 Å². The monoisotopic (exact) mass is 216 g/mol. The lowest BCUT2D eigenvalue weighted by molar-refractivity contribution is 0.911. The second-order valence-electron chi connectivity index (χ2n) is 2.55. The van der Waals surface area contributed by atoms with Crippen molar-refractivity contribution in [2.24, 2.45) is 0 Å². The number of aromatic nitrogens is 4. The average Bonchev–Trinajstić information content (AvgIpc) is 2.47. The molecule has 6 heteroatoms. The van der Waals surface area contributed by atoms with Crippen molar-refractivity contribution in [3.05, 3.63) is 22.1 Å². The van der Waals surface area contributed by atoms with Crippen molar-refractivity contribution in [3.63, 3.8) is 0 Å². The molecule has 2 heterocycles. The fourth-order valence-electron chi connectivity index (χ4n) is 1.14. The van der Waals surface area contributed by atoms with E-state index in [1.165, 1.54) is 4.52 Å². The van der Waals surface area contributed by atoms with E-state index in [0.717, 1.165) is 12.0 Å².